The monoisotopic (exact) mass is 193 g/mol. The van der Waals surface area contributed by atoms with Gasteiger partial charge in [0.2, 0.25) is 5.91 Å². The van der Waals surface area contributed by atoms with E-state index in [9.17, 15) is 4.79 Å². The summed E-state index contributed by atoms with van der Waals surface area (Å²) in [6, 6.07) is 7.17. The molecule has 0 aliphatic rings. The molecule has 0 heterocycles. The number of anilines is 1. The van der Waals surface area contributed by atoms with E-state index in [0.29, 0.717) is 6.42 Å². The van der Waals surface area contributed by atoms with Gasteiger partial charge in [0, 0.05) is 12.1 Å². The van der Waals surface area contributed by atoms with E-state index >= 15 is 0 Å². The van der Waals surface area contributed by atoms with Gasteiger partial charge in [0.15, 0.2) is 0 Å². The molecule has 0 fully saturated rings. The molecular weight excluding hydrogens is 178 g/mol. The van der Waals surface area contributed by atoms with Crippen LogP contribution in [0.15, 0.2) is 24.3 Å². The fourth-order valence-corrected chi connectivity index (χ4v) is 1.14. The van der Waals surface area contributed by atoms with E-state index in [1.807, 2.05) is 6.92 Å². The molecule has 0 atom stereocenters. The maximum atomic E-state index is 11.2. The molecule has 0 aliphatic heterocycles. The second-order valence-corrected chi connectivity index (χ2v) is 3.15. The number of benzene rings is 1. The third kappa shape index (κ3) is 3.18. The van der Waals surface area contributed by atoms with Crippen molar-refractivity contribution in [3.8, 4) is 0 Å². The number of nitrogens with one attached hydrogen (secondary N) is 1. The van der Waals surface area contributed by atoms with Crippen LogP contribution in [-0.4, -0.2) is 11.0 Å². The zero-order valence-electron chi connectivity index (χ0n) is 8.29. The molecule has 0 saturated heterocycles. The third-order valence-electron chi connectivity index (χ3n) is 1.90. The summed E-state index contributed by atoms with van der Waals surface area (Å²) in [7, 11) is 0. The average molecular weight is 193 g/mol. The molecule has 1 rings (SSSR count). The minimum Gasteiger partial charge on any atom is -0.392 e. The standard InChI is InChI=1S/C11H15NO2/c1-2-3-11(14)12-10-6-4-9(8-13)5-7-10/h4-7,13H,2-3,8H2,1H3,(H,12,14). The van der Waals surface area contributed by atoms with Crippen LogP contribution < -0.4 is 5.32 Å². The summed E-state index contributed by atoms with van der Waals surface area (Å²) < 4.78 is 0. The van der Waals surface area contributed by atoms with Crippen molar-refractivity contribution < 1.29 is 9.90 Å². The van der Waals surface area contributed by atoms with Crippen molar-refractivity contribution in [1.29, 1.82) is 0 Å². The predicted molar refractivity (Wildman–Crippen MR) is 55.9 cm³/mol. The van der Waals surface area contributed by atoms with Crippen molar-refractivity contribution in [3.05, 3.63) is 29.8 Å². The van der Waals surface area contributed by atoms with Crippen molar-refractivity contribution >= 4 is 11.6 Å². The van der Waals surface area contributed by atoms with Gasteiger partial charge in [-0.05, 0) is 24.1 Å². The highest BCUT2D eigenvalue weighted by molar-refractivity contribution is 5.90. The maximum absolute atomic E-state index is 11.2. The van der Waals surface area contributed by atoms with Gasteiger partial charge in [-0.1, -0.05) is 19.1 Å². The van der Waals surface area contributed by atoms with E-state index in [1.165, 1.54) is 0 Å². The molecule has 1 aromatic rings. The van der Waals surface area contributed by atoms with Crippen LogP contribution >= 0.6 is 0 Å². The van der Waals surface area contributed by atoms with Crippen molar-refractivity contribution in [2.75, 3.05) is 5.32 Å². The lowest BCUT2D eigenvalue weighted by Crippen LogP contribution is -2.10. The Bertz CT molecular complexity index is 293. The first kappa shape index (κ1) is 10.7. The van der Waals surface area contributed by atoms with E-state index in [-0.39, 0.29) is 12.5 Å². The van der Waals surface area contributed by atoms with Crippen LogP contribution in [0, 0.1) is 0 Å². The largest absolute Gasteiger partial charge is 0.392 e. The zero-order chi connectivity index (χ0) is 10.4. The number of rotatable bonds is 4. The van der Waals surface area contributed by atoms with Gasteiger partial charge in [-0.15, -0.1) is 0 Å². The second kappa shape index (κ2) is 5.40. The third-order valence-corrected chi connectivity index (χ3v) is 1.90. The lowest BCUT2D eigenvalue weighted by molar-refractivity contribution is -0.116. The summed E-state index contributed by atoms with van der Waals surface area (Å²) in [5.74, 6) is 0.0317. The quantitative estimate of drug-likeness (QED) is 0.767. The summed E-state index contributed by atoms with van der Waals surface area (Å²) >= 11 is 0. The molecule has 1 amide bonds. The molecule has 0 aliphatic carbocycles. The Morgan fingerprint density at radius 3 is 2.50 bits per heavy atom. The van der Waals surface area contributed by atoms with Gasteiger partial charge in [0.25, 0.3) is 0 Å². The smallest absolute Gasteiger partial charge is 0.224 e. The maximum Gasteiger partial charge on any atom is 0.224 e. The molecule has 0 unspecified atom stereocenters. The van der Waals surface area contributed by atoms with Gasteiger partial charge >= 0.3 is 0 Å². The molecule has 0 bridgehead atoms. The van der Waals surface area contributed by atoms with Crippen molar-refractivity contribution in [2.24, 2.45) is 0 Å². The summed E-state index contributed by atoms with van der Waals surface area (Å²) in [5, 5.41) is 11.6. The highest BCUT2D eigenvalue weighted by atomic mass is 16.3. The molecular formula is C11H15NO2. The van der Waals surface area contributed by atoms with E-state index in [2.05, 4.69) is 5.32 Å². The molecule has 0 saturated carbocycles. The van der Waals surface area contributed by atoms with Crippen LogP contribution in [0.3, 0.4) is 0 Å². The molecule has 0 radical (unpaired) electrons. The Morgan fingerprint density at radius 1 is 1.36 bits per heavy atom. The predicted octanol–water partition coefficient (Wildman–Crippen LogP) is 1.92. The van der Waals surface area contributed by atoms with E-state index in [1.54, 1.807) is 24.3 Å². The van der Waals surface area contributed by atoms with Crippen molar-refractivity contribution in [1.82, 2.24) is 0 Å². The normalized spacial score (nSPS) is 9.86. The van der Waals surface area contributed by atoms with Gasteiger partial charge in [0.1, 0.15) is 0 Å². The first-order valence-electron chi connectivity index (χ1n) is 4.76. The fourth-order valence-electron chi connectivity index (χ4n) is 1.14. The molecule has 3 heteroatoms. The number of hydrogen-bond donors (Lipinski definition) is 2. The van der Waals surface area contributed by atoms with Crippen molar-refractivity contribution in [3.63, 3.8) is 0 Å². The summed E-state index contributed by atoms with van der Waals surface area (Å²) in [6.07, 6.45) is 1.39. The topological polar surface area (TPSA) is 49.3 Å². The second-order valence-electron chi connectivity index (χ2n) is 3.15. The van der Waals surface area contributed by atoms with Gasteiger partial charge < -0.3 is 10.4 Å². The van der Waals surface area contributed by atoms with Gasteiger partial charge in [-0.25, -0.2) is 0 Å². The highest BCUT2D eigenvalue weighted by Crippen LogP contribution is 2.09. The van der Waals surface area contributed by atoms with Crippen molar-refractivity contribution in [2.45, 2.75) is 26.4 Å². The number of carbonyl (C=O) groups excluding carboxylic acids is 1. The van der Waals surface area contributed by atoms with Crippen LogP contribution in [0.25, 0.3) is 0 Å². The number of aliphatic hydroxyl groups excluding tert-OH is 1. The Kier molecular flexibility index (Phi) is 4.13. The van der Waals surface area contributed by atoms with Gasteiger partial charge in [-0.3, -0.25) is 4.79 Å². The SMILES string of the molecule is CCCC(=O)Nc1ccc(CO)cc1. The first-order valence-corrected chi connectivity index (χ1v) is 4.76. The van der Waals surface area contributed by atoms with E-state index in [0.717, 1.165) is 17.7 Å². The van der Waals surface area contributed by atoms with E-state index in [4.69, 9.17) is 5.11 Å². The van der Waals surface area contributed by atoms with Crippen LogP contribution in [0.1, 0.15) is 25.3 Å². The Hall–Kier alpha value is -1.35. The van der Waals surface area contributed by atoms with Crippen LogP contribution in [0.4, 0.5) is 5.69 Å². The van der Waals surface area contributed by atoms with Crippen LogP contribution in [-0.2, 0) is 11.4 Å². The Morgan fingerprint density at radius 2 is 2.00 bits per heavy atom. The zero-order valence-corrected chi connectivity index (χ0v) is 8.29. The summed E-state index contributed by atoms with van der Waals surface area (Å²) in [4.78, 5) is 11.2. The Balaban J connectivity index is 2.55. The first-order chi connectivity index (χ1) is 6.76. The van der Waals surface area contributed by atoms with E-state index < -0.39 is 0 Å². The number of hydrogen-bond acceptors (Lipinski definition) is 2. The Labute approximate surface area is 83.8 Å². The molecule has 14 heavy (non-hydrogen) atoms. The average Bonchev–Trinajstić information content (AvgIpc) is 2.19. The number of carbonyl (C=O) groups is 1. The minimum absolute atomic E-state index is 0.0309. The van der Waals surface area contributed by atoms with Gasteiger partial charge in [0.05, 0.1) is 6.61 Å². The van der Waals surface area contributed by atoms with Crippen LogP contribution in [0.2, 0.25) is 0 Å². The molecule has 0 aromatic heterocycles. The molecule has 1 aromatic carbocycles. The van der Waals surface area contributed by atoms with Gasteiger partial charge in [-0.2, -0.15) is 0 Å². The fraction of sp³-hybridized carbons (Fsp3) is 0.364. The molecule has 0 spiro atoms. The highest BCUT2D eigenvalue weighted by Gasteiger charge is 1.99. The lowest BCUT2D eigenvalue weighted by atomic mass is 10.2. The summed E-state index contributed by atoms with van der Waals surface area (Å²) in [5.41, 5.74) is 1.62. The lowest BCUT2D eigenvalue weighted by Gasteiger charge is -2.04. The number of aliphatic hydroxyl groups is 1. The molecule has 2 N–H and O–H groups in total. The minimum atomic E-state index is 0.0309. The molecule has 3 nitrogen and oxygen atoms in total. The summed E-state index contributed by atoms with van der Waals surface area (Å²) in [6.45, 7) is 2.00. The number of amides is 1. The van der Waals surface area contributed by atoms with Crippen LogP contribution in [0.5, 0.6) is 0 Å². The molecule has 76 valence electrons.